The van der Waals surface area contributed by atoms with Crippen LogP contribution in [0.5, 0.6) is 0 Å². The first-order valence-electron chi connectivity index (χ1n) is 6.09. The van der Waals surface area contributed by atoms with Crippen LogP contribution in [0.25, 0.3) is 0 Å². The summed E-state index contributed by atoms with van der Waals surface area (Å²) in [6.45, 7) is 3.61. The number of nitrogens with one attached hydrogen (secondary N) is 1. The zero-order valence-corrected chi connectivity index (χ0v) is 10.4. The Labute approximate surface area is 106 Å². The largest absolute Gasteiger partial charge is 0.396 e. The lowest BCUT2D eigenvalue weighted by atomic mass is 10.2. The number of Topliss-reactive ketones (excluding diaryl/α,β-unsaturated/α-hetero) is 1. The maximum atomic E-state index is 13.4. The fourth-order valence-corrected chi connectivity index (χ4v) is 2.16. The molecule has 1 aromatic carbocycles. The molecule has 2 rings (SSSR count). The van der Waals surface area contributed by atoms with Gasteiger partial charge < -0.3 is 16.0 Å². The molecule has 3 N–H and O–H groups in total. The van der Waals surface area contributed by atoms with Gasteiger partial charge in [0.1, 0.15) is 11.6 Å². The fraction of sp³-hybridized carbons (Fsp3) is 0.462. The van der Waals surface area contributed by atoms with Gasteiger partial charge in [-0.3, -0.25) is 4.79 Å². The molecule has 1 fully saturated rings. The molecule has 18 heavy (non-hydrogen) atoms. The van der Waals surface area contributed by atoms with Gasteiger partial charge in [0.05, 0.1) is 12.2 Å². The van der Waals surface area contributed by atoms with Crippen molar-refractivity contribution in [2.45, 2.75) is 19.4 Å². The highest BCUT2D eigenvalue weighted by Crippen LogP contribution is 2.23. The van der Waals surface area contributed by atoms with Gasteiger partial charge in [0.15, 0.2) is 0 Å². The van der Waals surface area contributed by atoms with E-state index in [0.717, 1.165) is 25.2 Å². The second-order valence-electron chi connectivity index (χ2n) is 4.72. The molecule has 0 radical (unpaired) electrons. The fourth-order valence-electron chi connectivity index (χ4n) is 2.16. The number of rotatable bonds is 4. The predicted molar refractivity (Wildman–Crippen MR) is 70.1 cm³/mol. The van der Waals surface area contributed by atoms with Crippen molar-refractivity contribution >= 4 is 17.2 Å². The Morgan fingerprint density at radius 2 is 2.39 bits per heavy atom. The quantitative estimate of drug-likeness (QED) is 0.789. The molecule has 98 valence electrons. The van der Waals surface area contributed by atoms with E-state index in [9.17, 15) is 9.18 Å². The lowest BCUT2D eigenvalue weighted by Crippen LogP contribution is -2.35. The summed E-state index contributed by atoms with van der Waals surface area (Å²) in [6.07, 6.45) is 0.958. The Morgan fingerprint density at radius 1 is 1.61 bits per heavy atom. The van der Waals surface area contributed by atoms with Crippen LogP contribution in [0.2, 0.25) is 0 Å². The third-order valence-corrected chi connectivity index (χ3v) is 3.18. The Morgan fingerprint density at radius 3 is 3.06 bits per heavy atom. The molecule has 1 atom stereocenters. The van der Waals surface area contributed by atoms with Gasteiger partial charge >= 0.3 is 0 Å². The van der Waals surface area contributed by atoms with Crippen LogP contribution in [-0.2, 0) is 4.79 Å². The summed E-state index contributed by atoms with van der Waals surface area (Å²) in [5.41, 5.74) is 6.46. The topological polar surface area (TPSA) is 58.4 Å². The van der Waals surface area contributed by atoms with E-state index in [-0.39, 0.29) is 23.3 Å². The third-order valence-electron chi connectivity index (χ3n) is 3.18. The number of carbonyl (C=O) groups is 1. The van der Waals surface area contributed by atoms with Crippen molar-refractivity contribution in [2.75, 3.05) is 30.3 Å². The van der Waals surface area contributed by atoms with E-state index >= 15 is 0 Å². The van der Waals surface area contributed by atoms with Crippen molar-refractivity contribution in [3.8, 4) is 0 Å². The molecule has 0 aromatic heterocycles. The minimum absolute atomic E-state index is 0.131. The minimum atomic E-state index is -0.382. The van der Waals surface area contributed by atoms with Crippen molar-refractivity contribution in [3.05, 3.63) is 24.0 Å². The van der Waals surface area contributed by atoms with Gasteiger partial charge in [-0.05, 0) is 31.5 Å². The molecule has 0 bridgehead atoms. The van der Waals surface area contributed by atoms with Crippen molar-refractivity contribution < 1.29 is 9.18 Å². The number of halogens is 1. The van der Waals surface area contributed by atoms with Crippen molar-refractivity contribution in [3.63, 3.8) is 0 Å². The van der Waals surface area contributed by atoms with Gasteiger partial charge in [0, 0.05) is 24.8 Å². The van der Waals surface area contributed by atoms with E-state index in [4.69, 9.17) is 5.73 Å². The first-order chi connectivity index (χ1) is 8.56. The summed E-state index contributed by atoms with van der Waals surface area (Å²) in [7, 11) is 0. The molecule has 1 saturated heterocycles. The summed E-state index contributed by atoms with van der Waals surface area (Å²) in [5.74, 6) is -0.250. The second-order valence-corrected chi connectivity index (χ2v) is 4.72. The summed E-state index contributed by atoms with van der Waals surface area (Å²) >= 11 is 0. The number of anilines is 2. The zero-order chi connectivity index (χ0) is 13.1. The highest BCUT2D eigenvalue weighted by atomic mass is 19.1. The predicted octanol–water partition coefficient (Wildman–Crippen LogP) is 1.17. The van der Waals surface area contributed by atoms with Crippen LogP contribution in [0.1, 0.15) is 13.3 Å². The van der Waals surface area contributed by atoms with Gasteiger partial charge in [0.2, 0.25) is 0 Å². The first kappa shape index (κ1) is 12.8. The molecule has 5 heteroatoms. The second kappa shape index (κ2) is 5.35. The molecule has 4 nitrogen and oxygen atoms in total. The van der Waals surface area contributed by atoms with Crippen LogP contribution in [0, 0.1) is 5.82 Å². The Kier molecular flexibility index (Phi) is 3.81. The number of hydrogen-bond acceptors (Lipinski definition) is 4. The Hall–Kier alpha value is -1.62. The van der Waals surface area contributed by atoms with E-state index in [1.807, 2.05) is 6.07 Å². The van der Waals surface area contributed by atoms with Gasteiger partial charge in [-0.2, -0.15) is 0 Å². The average molecular weight is 251 g/mol. The van der Waals surface area contributed by atoms with Crippen molar-refractivity contribution in [1.29, 1.82) is 0 Å². The van der Waals surface area contributed by atoms with Crippen molar-refractivity contribution in [2.24, 2.45) is 0 Å². The molecule has 1 aromatic rings. The normalized spacial score (nSPS) is 19.2. The van der Waals surface area contributed by atoms with E-state index in [2.05, 4.69) is 10.2 Å². The number of benzene rings is 1. The molecular formula is C13H18FN3O. The van der Waals surface area contributed by atoms with Gasteiger partial charge in [-0.25, -0.2) is 4.39 Å². The van der Waals surface area contributed by atoms with Crippen LogP contribution >= 0.6 is 0 Å². The summed E-state index contributed by atoms with van der Waals surface area (Å²) < 4.78 is 13.4. The first-order valence-corrected chi connectivity index (χ1v) is 6.09. The number of hydrogen-bond donors (Lipinski definition) is 2. The smallest absolute Gasteiger partial charge is 0.148 e. The number of nitrogens with zero attached hydrogens (tertiary/aromatic N) is 1. The number of carbonyl (C=O) groups excluding carboxylic acids is 1. The number of nitrogens with two attached hydrogens (primary N) is 1. The van der Waals surface area contributed by atoms with Gasteiger partial charge in [-0.1, -0.05) is 0 Å². The zero-order valence-electron chi connectivity index (χ0n) is 10.4. The lowest BCUT2D eigenvalue weighted by molar-refractivity contribution is -0.116. The molecule has 0 amide bonds. The number of nitrogen functional groups attached to an aromatic ring is 1. The van der Waals surface area contributed by atoms with Crippen molar-refractivity contribution in [1.82, 2.24) is 5.32 Å². The molecule has 1 aliphatic heterocycles. The van der Waals surface area contributed by atoms with Gasteiger partial charge in [-0.15, -0.1) is 0 Å². The summed E-state index contributed by atoms with van der Waals surface area (Å²) in [6, 6.07) is 5.16. The SMILES string of the molecule is CC(=O)CNC1CCN(c2ccc(N)c(F)c2)C1. The summed E-state index contributed by atoms with van der Waals surface area (Å²) in [4.78, 5) is 13.0. The van der Waals surface area contributed by atoms with Crippen LogP contribution in [0.3, 0.4) is 0 Å². The maximum Gasteiger partial charge on any atom is 0.148 e. The molecule has 0 aliphatic carbocycles. The van der Waals surface area contributed by atoms with E-state index < -0.39 is 0 Å². The van der Waals surface area contributed by atoms with E-state index in [0.29, 0.717) is 6.54 Å². The maximum absolute atomic E-state index is 13.4. The standard InChI is InChI=1S/C13H18FN3O/c1-9(18)7-16-10-4-5-17(8-10)11-2-3-13(15)12(14)6-11/h2-3,6,10,16H,4-5,7-8,15H2,1H3. The highest BCUT2D eigenvalue weighted by Gasteiger charge is 2.22. The summed E-state index contributed by atoms with van der Waals surface area (Å²) in [5, 5.41) is 3.20. The van der Waals surface area contributed by atoms with Crippen LogP contribution in [0.4, 0.5) is 15.8 Å². The molecule has 0 spiro atoms. The van der Waals surface area contributed by atoms with Crippen LogP contribution in [0.15, 0.2) is 18.2 Å². The van der Waals surface area contributed by atoms with Gasteiger partial charge in [0.25, 0.3) is 0 Å². The van der Waals surface area contributed by atoms with Crippen LogP contribution < -0.4 is 16.0 Å². The third kappa shape index (κ3) is 2.98. The molecule has 1 aliphatic rings. The van der Waals surface area contributed by atoms with Crippen LogP contribution in [-0.4, -0.2) is 31.5 Å². The van der Waals surface area contributed by atoms with E-state index in [1.165, 1.54) is 6.07 Å². The average Bonchev–Trinajstić information content (AvgIpc) is 2.79. The minimum Gasteiger partial charge on any atom is -0.396 e. The monoisotopic (exact) mass is 251 g/mol. The molecular weight excluding hydrogens is 233 g/mol. The Balaban J connectivity index is 1.95. The van der Waals surface area contributed by atoms with E-state index in [1.54, 1.807) is 13.0 Å². The molecule has 0 saturated carbocycles. The number of ketones is 1. The highest BCUT2D eigenvalue weighted by molar-refractivity contribution is 5.77. The molecule has 1 unspecified atom stereocenters. The Bertz CT molecular complexity index is 450. The molecule has 1 heterocycles. The lowest BCUT2D eigenvalue weighted by Gasteiger charge is -2.19.